The third kappa shape index (κ3) is 6.56. The molecule has 5 nitrogen and oxygen atoms in total. The number of hydrogen-bond donors (Lipinski definition) is 1. The highest BCUT2D eigenvalue weighted by Crippen LogP contribution is 2.33. The molecule has 156 valence electrons. The lowest BCUT2D eigenvalue weighted by molar-refractivity contribution is -0.0190. The fourth-order valence-corrected chi connectivity index (χ4v) is 5.61. The van der Waals surface area contributed by atoms with E-state index >= 15 is 0 Å². The van der Waals surface area contributed by atoms with Gasteiger partial charge in [0.15, 0.2) is 0 Å². The minimum Gasteiger partial charge on any atom is -0.396 e. The van der Waals surface area contributed by atoms with Crippen LogP contribution in [0.1, 0.15) is 65.5 Å². The van der Waals surface area contributed by atoms with E-state index in [0.29, 0.717) is 24.3 Å². The van der Waals surface area contributed by atoms with Gasteiger partial charge in [0.2, 0.25) is 10.0 Å². The Morgan fingerprint density at radius 2 is 1.74 bits per heavy atom. The second-order valence-corrected chi connectivity index (χ2v) is 10.7. The number of benzene rings is 1. The highest BCUT2D eigenvalue weighted by atomic mass is 32.2. The molecule has 0 fully saturated rings. The van der Waals surface area contributed by atoms with Crippen LogP contribution in [0.3, 0.4) is 0 Å². The normalized spacial score (nSPS) is 14.6. The first-order valence-corrected chi connectivity index (χ1v) is 11.0. The van der Waals surface area contributed by atoms with Gasteiger partial charge < -0.3 is 9.84 Å². The van der Waals surface area contributed by atoms with Gasteiger partial charge >= 0.3 is 0 Å². The minimum atomic E-state index is -3.73. The summed E-state index contributed by atoms with van der Waals surface area (Å²) >= 11 is 0. The van der Waals surface area contributed by atoms with E-state index in [9.17, 15) is 13.5 Å². The zero-order valence-electron chi connectivity index (χ0n) is 18.2. The highest BCUT2D eigenvalue weighted by molar-refractivity contribution is 7.89. The molecule has 6 heteroatoms. The van der Waals surface area contributed by atoms with Crippen LogP contribution in [-0.2, 0) is 14.8 Å². The standard InChI is InChI=1S/C21H37NO4S/c1-16-9-10-17(2)19(15-16)27(24,25)22(18(3)11-13-23)21(7,8)12-14-26-20(4,5)6/h9-10,15,18,23H,11-14H2,1-8H3. The Labute approximate surface area is 165 Å². The lowest BCUT2D eigenvalue weighted by Crippen LogP contribution is -2.53. The van der Waals surface area contributed by atoms with E-state index in [1.165, 1.54) is 0 Å². The van der Waals surface area contributed by atoms with Crippen LogP contribution in [0, 0.1) is 13.8 Å². The molecular weight excluding hydrogens is 362 g/mol. The highest BCUT2D eigenvalue weighted by Gasteiger charge is 2.41. The van der Waals surface area contributed by atoms with Crippen LogP contribution in [0.25, 0.3) is 0 Å². The average molecular weight is 400 g/mol. The maximum Gasteiger partial charge on any atom is 0.244 e. The molecule has 1 rings (SSSR count). The number of rotatable bonds is 9. The lowest BCUT2D eigenvalue weighted by Gasteiger charge is -2.42. The number of sulfonamides is 1. The second-order valence-electron chi connectivity index (χ2n) is 8.95. The number of nitrogens with zero attached hydrogens (tertiary/aromatic N) is 1. The van der Waals surface area contributed by atoms with Gasteiger partial charge in [-0.1, -0.05) is 12.1 Å². The quantitative estimate of drug-likeness (QED) is 0.680. The summed E-state index contributed by atoms with van der Waals surface area (Å²) < 4.78 is 34.7. The van der Waals surface area contributed by atoms with Crippen molar-refractivity contribution in [3.8, 4) is 0 Å². The van der Waals surface area contributed by atoms with Crippen molar-refractivity contribution in [1.29, 1.82) is 0 Å². The van der Waals surface area contributed by atoms with E-state index in [1.807, 2.05) is 67.5 Å². The van der Waals surface area contributed by atoms with Crippen LogP contribution in [0.2, 0.25) is 0 Å². The van der Waals surface area contributed by atoms with Crippen LogP contribution in [0.4, 0.5) is 0 Å². The predicted octanol–water partition coefficient (Wildman–Crippen LogP) is 4.05. The van der Waals surface area contributed by atoms with Crippen molar-refractivity contribution in [2.75, 3.05) is 13.2 Å². The van der Waals surface area contributed by atoms with Gasteiger partial charge in [0.25, 0.3) is 0 Å². The Hall–Kier alpha value is -0.950. The molecule has 0 spiro atoms. The minimum absolute atomic E-state index is 0.0610. The fraction of sp³-hybridized carbons (Fsp3) is 0.714. The number of aliphatic hydroxyl groups excluding tert-OH is 1. The lowest BCUT2D eigenvalue weighted by atomic mass is 9.99. The number of hydrogen-bond acceptors (Lipinski definition) is 4. The molecule has 0 aromatic heterocycles. The van der Waals surface area contributed by atoms with Gasteiger partial charge in [-0.05, 0) is 85.4 Å². The zero-order valence-corrected chi connectivity index (χ0v) is 19.0. The second kappa shape index (κ2) is 9.03. The van der Waals surface area contributed by atoms with Crippen molar-refractivity contribution < 1.29 is 18.3 Å². The van der Waals surface area contributed by atoms with Gasteiger partial charge in [0.1, 0.15) is 0 Å². The summed E-state index contributed by atoms with van der Waals surface area (Å²) in [6, 6.07) is 5.15. The SMILES string of the molecule is Cc1ccc(C)c(S(=O)(=O)N(C(C)CCO)C(C)(C)CCOC(C)(C)C)c1. The molecule has 0 saturated carbocycles. The molecular formula is C21H37NO4S. The Morgan fingerprint density at radius 3 is 2.26 bits per heavy atom. The van der Waals surface area contributed by atoms with E-state index < -0.39 is 15.6 Å². The summed E-state index contributed by atoms with van der Waals surface area (Å²) in [6.07, 6.45) is 0.942. The average Bonchev–Trinajstić information content (AvgIpc) is 2.47. The predicted molar refractivity (Wildman–Crippen MR) is 111 cm³/mol. The van der Waals surface area contributed by atoms with Gasteiger partial charge in [-0.15, -0.1) is 0 Å². The molecule has 1 aromatic rings. The Kier molecular flexibility index (Phi) is 8.06. The molecule has 0 heterocycles. The molecule has 1 N–H and O–H groups in total. The van der Waals surface area contributed by atoms with Crippen molar-refractivity contribution in [3.63, 3.8) is 0 Å². The fourth-order valence-electron chi connectivity index (χ4n) is 3.27. The van der Waals surface area contributed by atoms with Gasteiger partial charge in [0.05, 0.1) is 10.5 Å². The Bertz CT molecular complexity index is 720. The summed E-state index contributed by atoms with van der Waals surface area (Å²) in [7, 11) is -3.73. The topological polar surface area (TPSA) is 66.8 Å². The molecule has 0 radical (unpaired) electrons. The molecule has 1 aromatic carbocycles. The van der Waals surface area contributed by atoms with Crippen molar-refractivity contribution in [2.45, 2.75) is 90.3 Å². The van der Waals surface area contributed by atoms with E-state index in [2.05, 4.69) is 0 Å². The van der Waals surface area contributed by atoms with Crippen molar-refractivity contribution in [1.82, 2.24) is 4.31 Å². The molecule has 0 amide bonds. The van der Waals surface area contributed by atoms with Crippen molar-refractivity contribution in [3.05, 3.63) is 29.3 Å². The number of aliphatic hydroxyl groups is 1. The summed E-state index contributed by atoms with van der Waals surface area (Å²) in [4.78, 5) is 0.331. The third-order valence-electron chi connectivity index (χ3n) is 4.67. The van der Waals surface area contributed by atoms with Gasteiger partial charge in [-0.25, -0.2) is 8.42 Å². The number of ether oxygens (including phenoxy) is 1. The van der Waals surface area contributed by atoms with Crippen LogP contribution >= 0.6 is 0 Å². The molecule has 0 aliphatic rings. The van der Waals surface area contributed by atoms with Crippen molar-refractivity contribution in [2.24, 2.45) is 0 Å². The molecule has 1 unspecified atom stereocenters. The summed E-state index contributed by atoms with van der Waals surface area (Å²) in [5.41, 5.74) is 0.699. The van der Waals surface area contributed by atoms with Gasteiger partial charge in [0, 0.05) is 24.8 Å². The van der Waals surface area contributed by atoms with Gasteiger partial charge in [-0.3, -0.25) is 0 Å². The van der Waals surface area contributed by atoms with Crippen molar-refractivity contribution >= 4 is 10.0 Å². The van der Waals surface area contributed by atoms with E-state index in [4.69, 9.17) is 4.74 Å². The summed E-state index contributed by atoms with van der Waals surface area (Å²) in [5, 5.41) is 9.42. The molecule has 1 atom stereocenters. The molecule has 0 aliphatic heterocycles. The largest absolute Gasteiger partial charge is 0.396 e. The smallest absolute Gasteiger partial charge is 0.244 e. The van der Waals surface area contributed by atoms with Crippen LogP contribution < -0.4 is 0 Å². The van der Waals surface area contributed by atoms with E-state index in [-0.39, 0.29) is 18.2 Å². The maximum absolute atomic E-state index is 13.6. The molecule has 0 saturated heterocycles. The van der Waals surface area contributed by atoms with Crippen LogP contribution in [-0.4, -0.2) is 48.2 Å². The Morgan fingerprint density at radius 1 is 1.15 bits per heavy atom. The Balaban J connectivity index is 3.32. The molecule has 0 bridgehead atoms. The monoisotopic (exact) mass is 399 g/mol. The number of aryl methyl sites for hydroxylation is 2. The van der Waals surface area contributed by atoms with E-state index in [1.54, 1.807) is 10.4 Å². The maximum atomic E-state index is 13.6. The first kappa shape index (κ1) is 24.1. The molecule has 0 aliphatic carbocycles. The first-order chi connectivity index (χ1) is 12.2. The zero-order chi connectivity index (χ0) is 21.0. The summed E-state index contributed by atoms with van der Waals surface area (Å²) in [5.74, 6) is 0. The van der Waals surface area contributed by atoms with Crippen LogP contribution in [0.5, 0.6) is 0 Å². The first-order valence-electron chi connectivity index (χ1n) is 9.59. The molecule has 27 heavy (non-hydrogen) atoms. The van der Waals surface area contributed by atoms with Crippen LogP contribution in [0.15, 0.2) is 23.1 Å². The van der Waals surface area contributed by atoms with Gasteiger partial charge in [-0.2, -0.15) is 4.31 Å². The third-order valence-corrected chi connectivity index (χ3v) is 7.04. The summed E-state index contributed by atoms with van der Waals surface area (Å²) in [6.45, 7) is 15.8. The van der Waals surface area contributed by atoms with E-state index in [0.717, 1.165) is 11.1 Å².